The fourth-order valence-electron chi connectivity index (χ4n) is 2.79. The van der Waals surface area contributed by atoms with E-state index < -0.39 is 10.0 Å². The summed E-state index contributed by atoms with van der Waals surface area (Å²) in [5.74, 6) is 0. The van der Waals surface area contributed by atoms with Crippen molar-refractivity contribution in [3.8, 4) is 21.8 Å². The van der Waals surface area contributed by atoms with Gasteiger partial charge in [-0.1, -0.05) is 72.8 Å². The highest BCUT2D eigenvalue weighted by molar-refractivity contribution is 7.95. The molecule has 144 valence electrons. The average Bonchev–Trinajstić information content (AvgIpc) is 3.24. The summed E-state index contributed by atoms with van der Waals surface area (Å²) in [6, 6.07) is 26.5. The van der Waals surface area contributed by atoms with Crippen molar-refractivity contribution in [1.82, 2.24) is 4.98 Å². The zero-order chi connectivity index (χ0) is 20.1. The molecule has 6 heteroatoms. The highest BCUT2D eigenvalue weighted by atomic mass is 32.2. The second-order valence-corrected chi connectivity index (χ2v) is 8.77. The van der Waals surface area contributed by atoms with Crippen molar-refractivity contribution in [2.45, 2.75) is 0 Å². The van der Waals surface area contributed by atoms with Crippen LogP contribution in [-0.4, -0.2) is 13.4 Å². The zero-order valence-electron chi connectivity index (χ0n) is 15.4. The fraction of sp³-hybridized carbons (Fsp3) is 0. The Labute approximate surface area is 174 Å². The van der Waals surface area contributed by atoms with Gasteiger partial charge in [-0.2, -0.15) is 0 Å². The van der Waals surface area contributed by atoms with Gasteiger partial charge in [0, 0.05) is 22.2 Å². The van der Waals surface area contributed by atoms with E-state index in [2.05, 4.69) is 4.72 Å². The number of sulfonamides is 1. The second kappa shape index (κ2) is 8.43. The van der Waals surface area contributed by atoms with Crippen molar-refractivity contribution in [3.05, 3.63) is 101 Å². The number of aromatic nitrogens is 1. The topological polar surface area (TPSA) is 59.1 Å². The quantitative estimate of drug-likeness (QED) is 0.425. The van der Waals surface area contributed by atoms with Crippen molar-refractivity contribution in [2.75, 3.05) is 4.72 Å². The van der Waals surface area contributed by atoms with E-state index in [-0.39, 0.29) is 0 Å². The molecule has 0 aliphatic rings. The van der Waals surface area contributed by atoms with Crippen molar-refractivity contribution < 1.29 is 8.42 Å². The Bertz CT molecular complexity index is 1230. The summed E-state index contributed by atoms with van der Waals surface area (Å²) in [5.41, 5.74) is 4.05. The van der Waals surface area contributed by atoms with E-state index >= 15 is 0 Å². The molecule has 4 rings (SSSR count). The molecule has 4 nitrogen and oxygen atoms in total. The summed E-state index contributed by atoms with van der Waals surface area (Å²) < 4.78 is 27.4. The lowest BCUT2D eigenvalue weighted by molar-refractivity contribution is 0.609. The van der Waals surface area contributed by atoms with Gasteiger partial charge in [0.1, 0.15) is 5.01 Å². The van der Waals surface area contributed by atoms with Gasteiger partial charge >= 0.3 is 0 Å². The average molecular weight is 419 g/mol. The molecule has 0 bridgehead atoms. The first-order valence-corrected chi connectivity index (χ1v) is 11.4. The van der Waals surface area contributed by atoms with E-state index in [1.54, 1.807) is 29.5 Å². The van der Waals surface area contributed by atoms with Crippen LogP contribution in [0.1, 0.15) is 5.56 Å². The first-order chi connectivity index (χ1) is 14.1. The maximum Gasteiger partial charge on any atom is 0.255 e. The second-order valence-electron chi connectivity index (χ2n) is 6.35. The van der Waals surface area contributed by atoms with Crippen molar-refractivity contribution >= 4 is 33.1 Å². The molecule has 0 fully saturated rings. The zero-order valence-corrected chi connectivity index (χ0v) is 17.0. The van der Waals surface area contributed by atoms with Crippen LogP contribution in [0.3, 0.4) is 0 Å². The smallest absolute Gasteiger partial charge is 0.255 e. The van der Waals surface area contributed by atoms with E-state index in [4.69, 9.17) is 4.98 Å². The van der Waals surface area contributed by atoms with E-state index in [1.165, 1.54) is 5.41 Å². The molecule has 0 saturated carbocycles. The van der Waals surface area contributed by atoms with Crippen LogP contribution >= 0.6 is 11.3 Å². The molecule has 0 unspecified atom stereocenters. The summed E-state index contributed by atoms with van der Waals surface area (Å²) in [5, 5.41) is 4.08. The molecule has 0 saturated heterocycles. The standard InChI is InChI=1S/C23H18N2O2S2/c26-29(27,15-14-18-8-3-1-4-9-18)25-21-13-7-12-20(16-21)22-17-28-23(24-22)19-10-5-2-6-11-19/h1-17,25H/b15-14+. The fourth-order valence-corrected chi connectivity index (χ4v) is 4.49. The number of nitrogens with one attached hydrogen (secondary N) is 1. The third-order valence-electron chi connectivity index (χ3n) is 4.18. The number of nitrogens with zero attached hydrogens (tertiary/aromatic N) is 1. The summed E-state index contributed by atoms with van der Waals surface area (Å²) in [4.78, 5) is 4.69. The minimum atomic E-state index is -3.62. The predicted molar refractivity (Wildman–Crippen MR) is 121 cm³/mol. The molecule has 1 N–H and O–H groups in total. The normalized spacial score (nSPS) is 11.6. The molecule has 3 aromatic carbocycles. The first-order valence-electron chi connectivity index (χ1n) is 8.96. The van der Waals surface area contributed by atoms with E-state index in [9.17, 15) is 8.42 Å². The van der Waals surface area contributed by atoms with Crippen LogP contribution in [0, 0.1) is 0 Å². The van der Waals surface area contributed by atoms with Gasteiger partial charge in [-0.05, 0) is 23.8 Å². The monoisotopic (exact) mass is 418 g/mol. The minimum absolute atomic E-state index is 0.495. The Kier molecular flexibility index (Phi) is 5.55. The van der Waals surface area contributed by atoms with Crippen molar-refractivity contribution in [3.63, 3.8) is 0 Å². The number of benzene rings is 3. The number of hydrogen-bond acceptors (Lipinski definition) is 4. The van der Waals surface area contributed by atoms with E-state index in [1.807, 2.05) is 78.2 Å². The molecule has 0 atom stereocenters. The van der Waals surface area contributed by atoms with Crippen LogP contribution in [0.25, 0.3) is 27.9 Å². The lowest BCUT2D eigenvalue weighted by atomic mass is 10.1. The van der Waals surface area contributed by atoms with Crippen LogP contribution in [0.5, 0.6) is 0 Å². The summed E-state index contributed by atoms with van der Waals surface area (Å²) in [6.07, 6.45) is 1.57. The first kappa shape index (κ1) is 19.1. The Balaban J connectivity index is 1.53. The van der Waals surface area contributed by atoms with E-state index in [0.717, 1.165) is 27.4 Å². The van der Waals surface area contributed by atoms with Gasteiger partial charge in [0.25, 0.3) is 10.0 Å². The Morgan fingerprint density at radius 2 is 1.52 bits per heavy atom. The van der Waals surface area contributed by atoms with Gasteiger partial charge in [-0.25, -0.2) is 13.4 Å². The van der Waals surface area contributed by atoms with Gasteiger partial charge in [-0.3, -0.25) is 4.72 Å². The van der Waals surface area contributed by atoms with Crippen LogP contribution in [0.2, 0.25) is 0 Å². The molecule has 0 radical (unpaired) electrons. The molecule has 1 heterocycles. The molecule has 29 heavy (non-hydrogen) atoms. The van der Waals surface area contributed by atoms with Gasteiger partial charge in [0.15, 0.2) is 0 Å². The molecular formula is C23H18N2O2S2. The highest BCUT2D eigenvalue weighted by Gasteiger charge is 2.10. The van der Waals surface area contributed by atoms with Crippen LogP contribution in [0.4, 0.5) is 5.69 Å². The molecular weight excluding hydrogens is 400 g/mol. The third kappa shape index (κ3) is 4.99. The van der Waals surface area contributed by atoms with Gasteiger partial charge < -0.3 is 0 Å². The number of thiazole rings is 1. The maximum atomic E-state index is 12.4. The van der Waals surface area contributed by atoms with Crippen LogP contribution in [0.15, 0.2) is 95.7 Å². The highest BCUT2D eigenvalue weighted by Crippen LogP contribution is 2.30. The molecule has 1 aromatic heterocycles. The predicted octanol–water partition coefficient (Wildman–Crippen LogP) is 5.89. The van der Waals surface area contributed by atoms with Crippen LogP contribution in [-0.2, 0) is 10.0 Å². The summed E-state index contributed by atoms with van der Waals surface area (Å²) >= 11 is 1.56. The Morgan fingerprint density at radius 1 is 0.828 bits per heavy atom. The van der Waals surface area contributed by atoms with Crippen LogP contribution < -0.4 is 4.72 Å². The number of rotatable bonds is 6. The summed E-state index contributed by atoms with van der Waals surface area (Å²) in [7, 11) is -3.62. The summed E-state index contributed by atoms with van der Waals surface area (Å²) in [6.45, 7) is 0. The molecule has 0 aliphatic heterocycles. The number of hydrogen-bond donors (Lipinski definition) is 1. The maximum absolute atomic E-state index is 12.4. The lowest BCUT2D eigenvalue weighted by Crippen LogP contribution is -2.08. The molecule has 0 spiro atoms. The lowest BCUT2D eigenvalue weighted by Gasteiger charge is -2.06. The van der Waals surface area contributed by atoms with Gasteiger partial charge in [0.05, 0.1) is 11.1 Å². The Hall–Kier alpha value is -3.22. The van der Waals surface area contributed by atoms with Crippen molar-refractivity contribution in [2.24, 2.45) is 0 Å². The largest absolute Gasteiger partial charge is 0.280 e. The SMILES string of the molecule is O=S(=O)(/C=C/c1ccccc1)Nc1cccc(-c2csc(-c3ccccc3)n2)c1. The van der Waals surface area contributed by atoms with E-state index in [0.29, 0.717) is 5.69 Å². The third-order valence-corrected chi connectivity index (χ3v) is 6.09. The minimum Gasteiger partial charge on any atom is -0.280 e. The van der Waals surface area contributed by atoms with Gasteiger partial charge in [0.2, 0.25) is 0 Å². The van der Waals surface area contributed by atoms with Gasteiger partial charge in [-0.15, -0.1) is 11.3 Å². The molecule has 4 aromatic rings. The van der Waals surface area contributed by atoms with Crippen molar-refractivity contribution in [1.29, 1.82) is 0 Å². The molecule has 0 aliphatic carbocycles. The number of anilines is 1. The molecule has 0 amide bonds. The Morgan fingerprint density at radius 3 is 2.28 bits per heavy atom.